The van der Waals surface area contributed by atoms with Gasteiger partial charge in [0.25, 0.3) is 0 Å². The van der Waals surface area contributed by atoms with E-state index in [1.807, 2.05) is 0 Å². The summed E-state index contributed by atoms with van der Waals surface area (Å²) in [6, 6.07) is 11.0. The van der Waals surface area contributed by atoms with Crippen LogP contribution in [0.15, 0.2) is 42.5 Å². The molecule has 2 aromatic carbocycles. The molecule has 2 aromatic rings. The zero-order chi connectivity index (χ0) is 12.4. The van der Waals surface area contributed by atoms with Gasteiger partial charge in [-0.15, -0.1) is 0 Å². The highest BCUT2D eigenvalue weighted by atomic mass is 32.1. The van der Waals surface area contributed by atoms with Crippen molar-refractivity contribution in [3.63, 3.8) is 0 Å². The van der Waals surface area contributed by atoms with E-state index < -0.39 is 5.82 Å². The van der Waals surface area contributed by atoms with E-state index in [-0.39, 0.29) is 10.7 Å². The van der Waals surface area contributed by atoms with Crippen LogP contribution in [0.4, 0.5) is 4.39 Å². The van der Waals surface area contributed by atoms with Crippen LogP contribution in [0.5, 0.6) is 5.75 Å². The number of phenols is 1. The number of rotatable bonds is 2. The Kier molecular flexibility index (Phi) is 3.06. The molecule has 2 rings (SSSR count). The Morgan fingerprint density at radius 2 is 1.94 bits per heavy atom. The molecule has 0 aliphatic heterocycles. The van der Waals surface area contributed by atoms with Gasteiger partial charge >= 0.3 is 0 Å². The molecule has 0 spiro atoms. The Hall–Kier alpha value is -1.94. The van der Waals surface area contributed by atoms with E-state index in [0.29, 0.717) is 16.7 Å². The number of nitrogens with two attached hydrogens (primary N) is 1. The predicted molar refractivity (Wildman–Crippen MR) is 69.4 cm³/mol. The minimum atomic E-state index is -0.481. The number of aromatic hydroxyl groups is 1. The van der Waals surface area contributed by atoms with Crippen LogP contribution in [0.1, 0.15) is 5.56 Å². The molecule has 0 unspecified atom stereocenters. The topological polar surface area (TPSA) is 46.2 Å². The summed E-state index contributed by atoms with van der Waals surface area (Å²) < 4.78 is 13.6. The Balaban J connectivity index is 2.53. The monoisotopic (exact) mass is 247 g/mol. The molecule has 0 heterocycles. The maximum Gasteiger partial charge on any atom is 0.134 e. The molecule has 3 N–H and O–H groups in total. The minimum Gasteiger partial charge on any atom is -0.508 e. The van der Waals surface area contributed by atoms with Gasteiger partial charge < -0.3 is 10.8 Å². The molecule has 0 fully saturated rings. The van der Waals surface area contributed by atoms with Crippen LogP contribution in [0.25, 0.3) is 11.1 Å². The van der Waals surface area contributed by atoms with Crippen molar-refractivity contribution in [2.75, 3.05) is 0 Å². The van der Waals surface area contributed by atoms with E-state index in [0.717, 1.165) is 6.07 Å². The van der Waals surface area contributed by atoms with Gasteiger partial charge in [-0.1, -0.05) is 30.4 Å². The fourth-order valence-corrected chi connectivity index (χ4v) is 1.71. The molecule has 17 heavy (non-hydrogen) atoms. The maximum absolute atomic E-state index is 13.6. The van der Waals surface area contributed by atoms with Gasteiger partial charge in [-0.3, -0.25) is 0 Å². The van der Waals surface area contributed by atoms with Gasteiger partial charge in [0.15, 0.2) is 0 Å². The normalized spacial score (nSPS) is 10.2. The molecule has 0 saturated heterocycles. The first-order chi connectivity index (χ1) is 8.08. The first-order valence-electron chi connectivity index (χ1n) is 4.96. The SMILES string of the molecule is NC(=S)c1cccc(-c2ccc(O)cc2F)c1. The number of hydrogen-bond acceptors (Lipinski definition) is 2. The van der Waals surface area contributed by atoms with Crippen molar-refractivity contribution in [2.24, 2.45) is 5.73 Å². The van der Waals surface area contributed by atoms with Gasteiger partial charge in [-0.05, 0) is 23.8 Å². The van der Waals surface area contributed by atoms with Crippen molar-refractivity contribution in [1.82, 2.24) is 0 Å². The van der Waals surface area contributed by atoms with Crippen LogP contribution >= 0.6 is 12.2 Å². The molecule has 4 heteroatoms. The van der Waals surface area contributed by atoms with Gasteiger partial charge in [-0.2, -0.15) is 0 Å². The molecule has 0 aliphatic carbocycles. The molecular weight excluding hydrogens is 237 g/mol. The second-order valence-corrected chi connectivity index (χ2v) is 4.05. The third-order valence-electron chi connectivity index (χ3n) is 2.41. The molecule has 2 nitrogen and oxygen atoms in total. The largest absolute Gasteiger partial charge is 0.508 e. The number of halogens is 1. The zero-order valence-corrected chi connectivity index (χ0v) is 9.67. The van der Waals surface area contributed by atoms with Gasteiger partial charge in [-0.25, -0.2) is 4.39 Å². The van der Waals surface area contributed by atoms with E-state index in [1.54, 1.807) is 24.3 Å². The van der Waals surface area contributed by atoms with Gasteiger partial charge in [0.2, 0.25) is 0 Å². The van der Waals surface area contributed by atoms with Crippen molar-refractivity contribution in [2.45, 2.75) is 0 Å². The van der Waals surface area contributed by atoms with Crippen LogP contribution in [0.2, 0.25) is 0 Å². The molecule has 0 saturated carbocycles. The van der Waals surface area contributed by atoms with Crippen LogP contribution in [0, 0.1) is 5.82 Å². The second-order valence-electron chi connectivity index (χ2n) is 3.61. The first-order valence-corrected chi connectivity index (χ1v) is 5.37. The lowest BCUT2D eigenvalue weighted by Crippen LogP contribution is -2.08. The summed E-state index contributed by atoms with van der Waals surface area (Å²) in [4.78, 5) is 0.269. The summed E-state index contributed by atoms with van der Waals surface area (Å²) >= 11 is 4.87. The van der Waals surface area contributed by atoms with E-state index in [1.165, 1.54) is 12.1 Å². The van der Waals surface area contributed by atoms with Gasteiger partial charge in [0.05, 0.1) is 0 Å². The average Bonchev–Trinajstić information content (AvgIpc) is 2.29. The Bertz CT molecular complexity index is 583. The van der Waals surface area contributed by atoms with Crippen LogP contribution < -0.4 is 5.73 Å². The standard InChI is InChI=1S/C13H10FNOS/c14-12-7-10(16)4-5-11(12)8-2-1-3-9(6-8)13(15)17/h1-7,16H,(H2,15,17). The lowest BCUT2D eigenvalue weighted by atomic mass is 10.0. The summed E-state index contributed by atoms with van der Waals surface area (Å²) in [7, 11) is 0. The third-order valence-corrected chi connectivity index (χ3v) is 2.65. The van der Waals surface area contributed by atoms with Crippen LogP contribution in [-0.2, 0) is 0 Å². The smallest absolute Gasteiger partial charge is 0.134 e. The molecule has 86 valence electrons. The number of thiocarbonyl (C=S) groups is 1. The summed E-state index contributed by atoms with van der Waals surface area (Å²) in [6.45, 7) is 0. The molecular formula is C13H10FNOS. The molecule has 0 aromatic heterocycles. The van der Waals surface area contributed by atoms with Crippen molar-refractivity contribution in [3.05, 3.63) is 53.8 Å². The summed E-state index contributed by atoms with van der Waals surface area (Å²) in [6.07, 6.45) is 0. The lowest BCUT2D eigenvalue weighted by molar-refractivity contribution is 0.469. The zero-order valence-electron chi connectivity index (χ0n) is 8.85. The maximum atomic E-state index is 13.6. The number of benzene rings is 2. The lowest BCUT2D eigenvalue weighted by Gasteiger charge is -2.06. The summed E-state index contributed by atoms with van der Waals surface area (Å²) in [5, 5.41) is 9.15. The van der Waals surface area contributed by atoms with Gasteiger partial charge in [0, 0.05) is 17.2 Å². The number of hydrogen-bond donors (Lipinski definition) is 2. The molecule has 0 amide bonds. The molecule has 0 radical (unpaired) electrons. The highest BCUT2D eigenvalue weighted by Gasteiger charge is 2.07. The summed E-state index contributed by atoms with van der Waals surface area (Å²) in [5.74, 6) is -0.582. The van der Waals surface area contributed by atoms with Crippen molar-refractivity contribution in [3.8, 4) is 16.9 Å². The average molecular weight is 247 g/mol. The predicted octanol–water partition coefficient (Wildman–Crippen LogP) is 2.83. The van der Waals surface area contributed by atoms with E-state index >= 15 is 0 Å². The fraction of sp³-hybridized carbons (Fsp3) is 0. The van der Waals surface area contributed by atoms with Gasteiger partial charge in [0.1, 0.15) is 16.6 Å². The Morgan fingerprint density at radius 3 is 2.59 bits per heavy atom. The van der Waals surface area contributed by atoms with Crippen molar-refractivity contribution < 1.29 is 9.50 Å². The molecule has 0 atom stereocenters. The van der Waals surface area contributed by atoms with Crippen LogP contribution in [-0.4, -0.2) is 10.1 Å². The quantitative estimate of drug-likeness (QED) is 0.802. The van der Waals surface area contributed by atoms with Crippen molar-refractivity contribution >= 4 is 17.2 Å². The van der Waals surface area contributed by atoms with E-state index in [4.69, 9.17) is 23.1 Å². The Labute approximate surface area is 104 Å². The minimum absolute atomic E-state index is 0.100. The van der Waals surface area contributed by atoms with Crippen LogP contribution in [0.3, 0.4) is 0 Å². The highest BCUT2D eigenvalue weighted by molar-refractivity contribution is 7.80. The number of phenolic OH excluding ortho intramolecular Hbond substituents is 1. The second kappa shape index (κ2) is 4.51. The van der Waals surface area contributed by atoms with Crippen molar-refractivity contribution in [1.29, 1.82) is 0 Å². The molecule has 0 aliphatic rings. The highest BCUT2D eigenvalue weighted by Crippen LogP contribution is 2.26. The molecule has 0 bridgehead atoms. The van der Waals surface area contributed by atoms with E-state index in [2.05, 4.69) is 0 Å². The Morgan fingerprint density at radius 1 is 1.18 bits per heavy atom. The van der Waals surface area contributed by atoms with E-state index in [9.17, 15) is 4.39 Å². The third kappa shape index (κ3) is 2.42. The summed E-state index contributed by atoms with van der Waals surface area (Å²) in [5.41, 5.74) is 7.28. The first kappa shape index (κ1) is 11.5. The fourth-order valence-electron chi connectivity index (χ4n) is 1.58.